The monoisotopic (exact) mass is 426 g/mol. The zero-order valence-electron chi connectivity index (χ0n) is 18.3. The molecule has 0 saturated carbocycles. The maximum Gasteiger partial charge on any atom is 0.243 e. The van der Waals surface area contributed by atoms with Crippen molar-refractivity contribution in [3.05, 3.63) is 71.8 Å². The van der Waals surface area contributed by atoms with E-state index in [0.717, 1.165) is 18.6 Å². The molecule has 0 saturated heterocycles. The van der Waals surface area contributed by atoms with Crippen LogP contribution in [0.25, 0.3) is 0 Å². The van der Waals surface area contributed by atoms with Crippen molar-refractivity contribution in [2.45, 2.75) is 57.9 Å². The number of nitrogens with zero attached hydrogens (tertiary/aromatic N) is 1. The third-order valence-corrected chi connectivity index (χ3v) is 6.20. The van der Waals surface area contributed by atoms with E-state index >= 15 is 0 Å². The zero-order valence-corrected chi connectivity index (χ0v) is 19.2. The Hall–Kier alpha value is -2.27. The Balaban J connectivity index is 2.05. The lowest BCUT2D eigenvalue weighted by Gasteiger charge is -2.31. The number of thioether (sulfide) groups is 1. The minimum Gasteiger partial charge on any atom is -0.352 e. The molecule has 0 aliphatic rings. The molecule has 2 atom stereocenters. The fourth-order valence-corrected chi connectivity index (χ4v) is 4.12. The fraction of sp³-hybridized carbons (Fsp3) is 0.440. The summed E-state index contributed by atoms with van der Waals surface area (Å²) in [6.45, 7) is 6.56. The molecule has 2 amide bonds. The maximum absolute atomic E-state index is 13.1. The summed E-state index contributed by atoms with van der Waals surface area (Å²) in [5.74, 6) is 1.13. The van der Waals surface area contributed by atoms with Crippen LogP contribution in [0.15, 0.2) is 60.7 Å². The average Bonchev–Trinajstić information content (AvgIpc) is 2.77. The van der Waals surface area contributed by atoms with Crippen LogP contribution in [0.4, 0.5) is 0 Å². The first-order valence-corrected chi connectivity index (χ1v) is 12.0. The first-order chi connectivity index (χ1) is 14.5. The number of nitrogens with one attached hydrogen (secondary N) is 1. The number of carbonyl (C=O) groups excluding carboxylic acids is 2. The van der Waals surface area contributed by atoms with E-state index in [9.17, 15) is 9.59 Å². The van der Waals surface area contributed by atoms with E-state index in [1.807, 2.05) is 57.2 Å². The predicted molar refractivity (Wildman–Crippen MR) is 126 cm³/mol. The highest BCUT2D eigenvalue weighted by Gasteiger charge is 2.28. The van der Waals surface area contributed by atoms with Gasteiger partial charge in [0.1, 0.15) is 6.04 Å². The summed E-state index contributed by atoms with van der Waals surface area (Å²) in [5.41, 5.74) is 2.37. The van der Waals surface area contributed by atoms with Crippen LogP contribution in [-0.4, -0.2) is 41.1 Å². The van der Waals surface area contributed by atoms with Crippen molar-refractivity contribution >= 4 is 23.6 Å². The van der Waals surface area contributed by atoms with Gasteiger partial charge in [0.25, 0.3) is 0 Å². The smallest absolute Gasteiger partial charge is 0.243 e. The van der Waals surface area contributed by atoms with Crippen LogP contribution >= 0.6 is 11.8 Å². The molecule has 0 aromatic heterocycles. The summed E-state index contributed by atoms with van der Waals surface area (Å²) < 4.78 is 0. The van der Waals surface area contributed by atoms with Gasteiger partial charge in [-0.1, -0.05) is 74.5 Å². The van der Waals surface area contributed by atoms with E-state index in [4.69, 9.17) is 0 Å². The van der Waals surface area contributed by atoms with Crippen LogP contribution in [0.3, 0.4) is 0 Å². The van der Waals surface area contributed by atoms with Crippen LogP contribution < -0.4 is 5.32 Å². The summed E-state index contributed by atoms with van der Waals surface area (Å²) in [5, 5.41) is 3.06. The number of amides is 2. The average molecular weight is 427 g/mol. The molecule has 5 heteroatoms. The third-order valence-electron chi connectivity index (χ3n) is 5.21. The molecule has 0 heterocycles. The van der Waals surface area contributed by atoms with Crippen LogP contribution in [-0.2, 0) is 21.8 Å². The van der Waals surface area contributed by atoms with Gasteiger partial charge in [-0.05, 0) is 37.3 Å². The minimum atomic E-state index is -0.437. The van der Waals surface area contributed by atoms with E-state index in [0.29, 0.717) is 18.7 Å². The third kappa shape index (κ3) is 7.86. The molecule has 1 N–H and O–H groups in total. The van der Waals surface area contributed by atoms with E-state index in [-0.39, 0.29) is 17.9 Å². The lowest BCUT2D eigenvalue weighted by atomic mass is 10.1. The number of hydrogen-bond donors (Lipinski definition) is 1. The molecule has 30 heavy (non-hydrogen) atoms. The van der Waals surface area contributed by atoms with E-state index in [1.54, 1.807) is 16.7 Å². The van der Waals surface area contributed by atoms with Crippen LogP contribution in [0.1, 0.15) is 44.7 Å². The largest absolute Gasteiger partial charge is 0.352 e. The maximum atomic E-state index is 13.1. The van der Waals surface area contributed by atoms with E-state index < -0.39 is 6.04 Å². The lowest BCUT2D eigenvalue weighted by Crippen LogP contribution is -2.52. The Morgan fingerprint density at radius 3 is 2.10 bits per heavy atom. The number of benzene rings is 2. The molecule has 2 aromatic carbocycles. The Morgan fingerprint density at radius 1 is 0.933 bits per heavy atom. The summed E-state index contributed by atoms with van der Waals surface area (Å²) in [6, 6.07) is 19.9. The molecule has 0 aliphatic carbocycles. The number of rotatable bonds is 12. The van der Waals surface area contributed by atoms with Crippen molar-refractivity contribution in [2.24, 2.45) is 0 Å². The molecule has 0 spiro atoms. The molecule has 0 fully saturated rings. The van der Waals surface area contributed by atoms with E-state index in [2.05, 4.69) is 29.6 Å². The summed E-state index contributed by atoms with van der Waals surface area (Å²) >= 11 is 1.60. The first-order valence-electron chi connectivity index (χ1n) is 10.8. The van der Waals surface area contributed by atoms with Gasteiger partial charge in [0.15, 0.2) is 0 Å². The molecule has 0 radical (unpaired) electrons. The van der Waals surface area contributed by atoms with Gasteiger partial charge in [-0.2, -0.15) is 0 Å². The van der Waals surface area contributed by atoms with Gasteiger partial charge < -0.3 is 10.2 Å². The number of hydrogen-bond acceptors (Lipinski definition) is 3. The molecular formula is C25H34N2O2S. The van der Waals surface area contributed by atoms with Gasteiger partial charge in [-0.3, -0.25) is 9.59 Å². The van der Waals surface area contributed by atoms with E-state index in [1.165, 1.54) is 11.1 Å². The van der Waals surface area contributed by atoms with Crippen molar-refractivity contribution in [3.63, 3.8) is 0 Å². The molecule has 0 aliphatic heterocycles. The summed E-state index contributed by atoms with van der Waals surface area (Å²) in [4.78, 5) is 27.8. The topological polar surface area (TPSA) is 49.4 Å². The summed E-state index contributed by atoms with van der Waals surface area (Å²) in [6.07, 6.45) is 2.21. The van der Waals surface area contributed by atoms with Crippen LogP contribution in [0.2, 0.25) is 0 Å². The second-order valence-corrected chi connectivity index (χ2v) is 8.53. The highest BCUT2D eigenvalue weighted by atomic mass is 32.2. The summed E-state index contributed by atoms with van der Waals surface area (Å²) in [7, 11) is 0. The molecule has 162 valence electrons. The molecule has 4 nitrogen and oxygen atoms in total. The van der Waals surface area contributed by atoms with Crippen molar-refractivity contribution in [2.75, 3.05) is 12.3 Å². The van der Waals surface area contributed by atoms with Gasteiger partial charge >= 0.3 is 0 Å². The van der Waals surface area contributed by atoms with Gasteiger partial charge in [0.05, 0.1) is 5.75 Å². The molecule has 0 unspecified atom stereocenters. The van der Waals surface area contributed by atoms with Crippen molar-refractivity contribution in [1.82, 2.24) is 10.2 Å². The highest BCUT2D eigenvalue weighted by Crippen LogP contribution is 2.16. The quantitative estimate of drug-likeness (QED) is 0.536. The molecule has 2 aromatic rings. The lowest BCUT2D eigenvalue weighted by molar-refractivity contribution is -0.139. The molecule has 2 rings (SSSR count). The predicted octanol–water partition coefficient (Wildman–Crippen LogP) is 4.68. The van der Waals surface area contributed by atoms with Crippen molar-refractivity contribution in [1.29, 1.82) is 0 Å². The second-order valence-electron chi connectivity index (χ2n) is 7.54. The Morgan fingerprint density at radius 2 is 1.53 bits per heavy atom. The Labute approximate surface area is 185 Å². The van der Waals surface area contributed by atoms with Crippen molar-refractivity contribution < 1.29 is 9.59 Å². The van der Waals surface area contributed by atoms with Gasteiger partial charge in [-0.25, -0.2) is 0 Å². The SMILES string of the molecule is CC[C@@H](C)NC(=O)[C@@H](CC)N(CCc1ccccc1)C(=O)CSCc1ccccc1. The Bertz CT molecular complexity index is 767. The number of carbonyl (C=O) groups is 2. The van der Waals surface area contributed by atoms with Crippen molar-refractivity contribution in [3.8, 4) is 0 Å². The van der Waals surface area contributed by atoms with Crippen LogP contribution in [0, 0.1) is 0 Å². The first kappa shape index (κ1) is 24.0. The second kappa shape index (κ2) is 13.1. The minimum absolute atomic E-state index is 0.0259. The Kier molecular flexibility index (Phi) is 10.5. The normalized spacial score (nSPS) is 12.8. The zero-order chi connectivity index (χ0) is 21.8. The van der Waals surface area contributed by atoms with Gasteiger partial charge in [0.2, 0.25) is 11.8 Å². The highest BCUT2D eigenvalue weighted by molar-refractivity contribution is 7.99. The standard InChI is InChI=1S/C25H34N2O2S/c1-4-20(3)26-25(29)23(5-2)27(17-16-21-12-8-6-9-13-21)24(28)19-30-18-22-14-10-7-11-15-22/h6-15,20,23H,4-5,16-19H2,1-3H3,(H,26,29)/t20-,23-/m1/s1. The molecular weight excluding hydrogens is 392 g/mol. The van der Waals surface area contributed by atoms with Gasteiger partial charge in [0, 0.05) is 18.3 Å². The van der Waals surface area contributed by atoms with Gasteiger partial charge in [-0.15, -0.1) is 11.8 Å². The van der Waals surface area contributed by atoms with Crippen LogP contribution in [0.5, 0.6) is 0 Å². The fourth-order valence-electron chi connectivity index (χ4n) is 3.25. The molecule has 0 bridgehead atoms.